The minimum atomic E-state index is -1.64. The number of aliphatic hydroxyl groups is 5. The van der Waals surface area contributed by atoms with Gasteiger partial charge in [-0.2, -0.15) is 0 Å². The molecule has 0 aromatic rings. The summed E-state index contributed by atoms with van der Waals surface area (Å²) in [5, 5.41) is 56.4. The largest absolute Gasteiger partial charge is 0.454 e. The fourth-order valence-electron chi connectivity index (χ4n) is 7.44. The minimum absolute atomic E-state index is 0.0255. The number of unbranched alkanes of at least 4 members (excludes halogenated alkanes) is 20. The zero-order chi connectivity index (χ0) is 46.9. The van der Waals surface area contributed by atoms with E-state index in [9.17, 15) is 35.1 Å². The molecule has 0 aliphatic carbocycles. The van der Waals surface area contributed by atoms with Crippen LogP contribution in [0.4, 0.5) is 0 Å². The van der Waals surface area contributed by atoms with Crippen LogP contribution in [0.25, 0.3) is 0 Å². The summed E-state index contributed by atoms with van der Waals surface area (Å²) in [6, 6.07) is -1.04. The van der Waals surface area contributed by atoms with Gasteiger partial charge in [-0.1, -0.05) is 216 Å². The number of nitrogens with one attached hydrogen (secondary N) is 1. The number of rotatable bonds is 40. The van der Waals surface area contributed by atoms with Crippen LogP contribution in [0, 0.1) is 0 Å². The van der Waals surface area contributed by atoms with Crippen molar-refractivity contribution in [1.29, 1.82) is 0 Å². The molecule has 1 rings (SSSR count). The highest BCUT2D eigenvalue weighted by atomic mass is 16.7. The summed E-state index contributed by atoms with van der Waals surface area (Å²) in [6.45, 7) is 5.54. The third kappa shape index (κ3) is 30.3. The summed E-state index contributed by atoms with van der Waals surface area (Å²) in [6.07, 6.45) is 39.7. The lowest BCUT2D eigenvalue weighted by molar-refractivity contribution is -0.305. The quantitative estimate of drug-likeness (QED) is 0.0150. The number of aliphatic hydroxyl groups excluding tert-OH is 5. The van der Waals surface area contributed by atoms with Gasteiger partial charge in [-0.3, -0.25) is 9.59 Å². The van der Waals surface area contributed by atoms with E-state index in [4.69, 9.17) is 14.2 Å². The first-order chi connectivity index (χ1) is 31.2. The van der Waals surface area contributed by atoms with Crippen LogP contribution in [0.2, 0.25) is 0 Å². The summed E-state index contributed by atoms with van der Waals surface area (Å²) in [7, 11) is 0. The first-order valence-corrected chi connectivity index (χ1v) is 25.3. The van der Waals surface area contributed by atoms with Gasteiger partial charge in [0.15, 0.2) is 12.4 Å². The fourth-order valence-corrected chi connectivity index (χ4v) is 7.44. The maximum absolute atomic E-state index is 13.3. The van der Waals surface area contributed by atoms with Gasteiger partial charge in [0.2, 0.25) is 5.91 Å². The molecule has 1 fully saturated rings. The molecule has 11 heteroatoms. The highest BCUT2D eigenvalue weighted by Gasteiger charge is 2.47. The molecular formula is C53H91NO10. The van der Waals surface area contributed by atoms with Crippen LogP contribution in [0.1, 0.15) is 188 Å². The van der Waals surface area contributed by atoms with E-state index < -0.39 is 67.4 Å². The lowest BCUT2D eigenvalue weighted by atomic mass is 9.99. The van der Waals surface area contributed by atoms with Gasteiger partial charge in [-0.25, -0.2) is 0 Å². The summed E-state index contributed by atoms with van der Waals surface area (Å²) < 4.78 is 17.4. The number of amides is 1. The average Bonchev–Trinajstić information content (AvgIpc) is 3.29. The van der Waals surface area contributed by atoms with Crippen molar-refractivity contribution in [1.82, 2.24) is 5.32 Å². The molecule has 64 heavy (non-hydrogen) atoms. The molecule has 1 saturated heterocycles. The lowest BCUT2D eigenvalue weighted by Gasteiger charge is -2.41. The SMILES string of the molecule is CC/C=C/C=C/C=C\C=C/C=C/CCCC(=O)OC1C(OCC(NC(=O)C(O)CCCCCCCCCCCC)C(O)/C=C/CCCCCCCCCCCC)OC(CO)C(O)C1O. The van der Waals surface area contributed by atoms with Crippen LogP contribution < -0.4 is 5.32 Å². The van der Waals surface area contributed by atoms with Gasteiger partial charge in [-0.05, 0) is 38.5 Å². The van der Waals surface area contributed by atoms with E-state index in [1.807, 2.05) is 60.8 Å². The minimum Gasteiger partial charge on any atom is -0.454 e. The van der Waals surface area contributed by atoms with E-state index in [0.29, 0.717) is 19.3 Å². The summed E-state index contributed by atoms with van der Waals surface area (Å²) in [4.78, 5) is 26.2. The van der Waals surface area contributed by atoms with Crippen molar-refractivity contribution in [3.63, 3.8) is 0 Å². The van der Waals surface area contributed by atoms with Crippen molar-refractivity contribution in [2.24, 2.45) is 0 Å². The topological polar surface area (TPSA) is 175 Å². The molecule has 0 spiro atoms. The Balaban J connectivity index is 2.86. The van der Waals surface area contributed by atoms with Gasteiger partial charge in [0.05, 0.1) is 25.4 Å². The van der Waals surface area contributed by atoms with Crippen LogP contribution in [0.3, 0.4) is 0 Å². The van der Waals surface area contributed by atoms with E-state index in [1.165, 1.54) is 89.9 Å². The molecule has 1 aliphatic rings. The number of esters is 1. The molecule has 0 aromatic carbocycles. The monoisotopic (exact) mass is 902 g/mol. The third-order valence-electron chi connectivity index (χ3n) is 11.5. The molecule has 0 aromatic heterocycles. The van der Waals surface area contributed by atoms with Crippen LogP contribution in [-0.2, 0) is 23.8 Å². The smallest absolute Gasteiger partial charge is 0.306 e. The van der Waals surface area contributed by atoms with Crippen molar-refractivity contribution in [3.05, 3.63) is 72.9 Å². The number of allylic oxidation sites excluding steroid dienone is 11. The molecule has 8 unspecified atom stereocenters. The summed E-state index contributed by atoms with van der Waals surface area (Å²) >= 11 is 0. The maximum Gasteiger partial charge on any atom is 0.306 e. The van der Waals surface area contributed by atoms with E-state index in [-0.39, 0.29) is 19.4 Å². The van der Waals surface area contributed by atoms with Crippen LogP contribution in [0.15, 0.2) is 72.9 Å². The van der Waals surface area contributed by atoms with E-state index in [2.05, 4.69) is 32.2 Å². The van der Waals surface area contributed by atoms with Crippen molar-refractivity contribution >= 4 is 11.9 Å². The predicted molar refractivity (Wildman–Crippen MR) is 259 cm³/mol. The maximum atomic E-state index is 13.3. The Morgan fingerprint density at radius 2 is 1.12 bits per heavy atom. The Kier molecular flexibility index (Phi) is 38.4. The number of hydrogen-bond acceptors (Lipinski definition) is 10. The fraction of sp³-hybridized carbons (Fsp3) is 0.736. The Hall–Kier alpha value is -2.90. The normalized spacial score (nSPS) is 21.0. The second-order valence-electron chi connectivity index (χ2n) is 17.3. The van der Waals surface area contributed by atoms with Crippen molar-refractivity contribution in [3.8, 4) is 0 Å². The van der Waals surface area contributed by atoms with Gasteiger partial charge >= 0.3 is 5.97 Å². The molecule has 0 radical (unpaired) electrons. The Bertz CT molecular complexity index is 1310. The molecule has 368 valence electrons. The molecule has 11 nitrogen and oxygen atoms in total. The third-order valence-corrected chi connectivity index (χ3v) is 11.5. The van der Waals surface area contributed by atoms with E-state index in [0.717, 1.165) is 44.9 Å². The molecule has 8 atom stereocenters. The highest BCUT2D eigenvalue weighted by molar-refractivity contribution is 5.80. The summed E-state index contributed by atoms with van der Waals surface area (Å²) in [5.74, 6) is -1.28. The lowest BCUT2D eigenvalue weighted by Crippen LogP contribution is -2.61. The Morgan fingerprint density at radius 3 is 1.67 bits per heavy atom. The van der Waals surface area contributed by atoms with Gasteiger partial charge < -0.3 is 45.1 Å². The Labute approximate surface area is 388 Å². The molecule has 0 bridgehead atoms. The van der Waals surface area contributed by atoms with Crippen LogP contribution >= 0.6 is 0 Å². The summed E-state index contributed by atoms with van der Waals surface area (Å²) in [5.41, 5.74) is 0. The second kappa shape index (κ2) is 41.5. The number of carbonyl (C=O) groups is 2. The first-order valence-electron chi connectivity index (χ1n) is 25.3. The molecular weight excluding hydrogens is 811 g/mol. The highest BCUT2D eigenvalue weighted by Crippen LogP contribution is 2.26. The molecule has 1 amide bonds. The van der Waals surface area contributed by atoms with Crippen molar-refractivity contribution in [2.75, 3.05) is 13.2 Å². The van der Waals surface area contributed by atoms with Gasteiger partial charge in [0.25, 0.3) is 0 Å². The zero-order valence-corrected chi connectivity index (χ0v) is 40.1. The van der Waals surface area contributed by atoms with Crippen molar-refractivity contribution in [2.45, 2.75) is 237 Å². The number of carbonyl (C=O) groups excluding carboxylic acids is 2. The van der Waals surface area contributed by atoms with E-state index in [1.54, 1.807) is 6.08 Å². The zero-order valence-electron chi connectivity index (χ0n) is 40.1. The standard InChI is InChI=1S/C53H91NO10/c1-4-7-10-13-16-19-22-24-26-29-32-35-38-41-48(58)64-51-50(60)49(59)47(42-55)63-53(51)62-43-44(45(56)39-36-33-30-28-25-23-20-17-14-11-8-5-2)54-52(61)46(57)40-37-34-31-27-21-18-15-12-9-6-3/h7,10,13,16,19,22,24,26,29,32,36,39,44-47,49-51,53,55-57,59-60H,4-6,8-9,11-12,14-15,17-18,20-21,23,25,27-28,30-31,33-35,37-38,40-43H2,1-3H3,(H,54,61)/b10-7+,16-13+,22-19-,26-24-,32-29+,39-36+. The van der Waals surface area contributed by atoms with Crippen LogP contribution in [-0.4, -0.2) is 99.6 Å². The van der Waals surface area contributed by atoms with Gasteiger partial charge in [-0.15, -0.1) is 0 Å². The van der Waals surface area contributed by atoms with E-state index >= 15 is 0 Å². The molecule has 6 N–H and O–H groups in total. The number of ether oxygens (including phenoxy) is 3. The second-order valence-corrected chi connectivity index (χ2v) is 17.3. The molecule has 1 aliphatic heterocycles. The Morgan fingerprint density at radius 1 is 0.625 bits per heavy atom. The van der Waals surface area contributed by atoms with Gasteiger partial charge in [0.1, 0.15) is 24.4 Å². The molecule has 1 heterocycles. The van der Waals surface area contributed by atoms with Crippen molar-refractivity contribution < 1.29 is 49.3 Å². The number of hydrogen-bond donors (Lipinski definition) is 6. The van der Waals surface area contributed by atoms with Crippen LogP contribution in [0.5, 0.6) is 0 Å². The van der Waals surface area contributed by atoms with Gasteiger partial charge in [0, 0.05) is 6.42 Å². The predicted octanol–water partition coefficient (Wildman–Crippen LogP) is 10.1. The first kappa shape index (κ1) is 59.1. The average molecular weight is 902 g/mol. The molecule has 0 saturated carbocycles.